The molecular weight excluding hydrogens is 406 g/mol. The molecule has 0 bridgehead atoms. The van der Waals surface area contributed by atoms with Gasteiger partial charge in [0.25, 0.3) is 0 Å². The van der Waals surface area contributed by atoms with Crippen LogP contribution in [0, 0.1) is 0 Å². The van der Waals surface area contributed by atoms with Gasteiger partial charge in [0.15, 0.2) is 3.92 Å². The van der Waals surface area contributed by atoms with Crippen molar-refractivity contribution in [2.75, 3.05) is 5.73 Å². The fourth-order valence-corrected chi connectivity index (χ4v) is 3.57. The van der Waals surface area contributed by atoms with Crippen molar-refractivity contribution >= 4 is 43.7 Å². The van der Waals surface area contributed by atoms with Crippen molar-refractivity contribution in [3.05, 3.63) is 64.6 Å². The van der Waals surface area contributed by atoms with Crippen LogP contribution in [-0.4, -0.2) is 20.4 Å². The lowest BCUT2D eigenvalue weighted by Gasteiger charge is -1.90. The van der Waals surface area contributed by atoms with Gasteiger partial charge in [0.1, 0.15) is 10.0 Å². The molecule has 0 radical (unpaired) electrons. The quantitative estimate of drug-likeness (QED) is 0.508. The van der Waals surface area contributed by atoms with E-state index in [0.29, 0.717) is 5.13 Å². The summed E-state index contributed by atoms with van der Waals surface area (Å²) >= 11 is 6.21. The van der Waals surface area contributed by atoms with Gasteiger partial charge >= 0.3 is 0 Å². The van der Waals surface area contributed by atoms with Gasteiger partial charge in [-0.2, -0.15) is 0 Å². The smallest absolute Gasteiger partial charge is 0.203 e. The van der Waals surface area contributed by atoms with Crippen LogP contribution < -0.4 is 5.73 Å². The van der Waals surface area contributed by atoms with Gasteiger partial charge in [-0.25, -0.2) is 0 Å². The van der Waals surface area contributed by atoms with Crippen molar-refractivity contribution in [3.63, 3.8) is 0 Å². The SMILES string of the molecule is Brc1nnc(-c2ccccc2)s1.Nc1nnc(-c2ccccc2)s1. The maximum absolute atomic E-state index is 5.46. The number of hydrogen-bond donors (Lipinski definition) is 1. The minimum Gasteiger partial charge on any atom is -0.374 e. The van der Waals surface area contributed by atoms with E-state index >= 15 is 0 Å². The molecule has 8 heteroatoms. The van der Waals surface area contributed by atoms with E-state index in [1.165, 1.54) is 22.7 Å². The molecule has 2 aromatic heterocycles. The van der Waals surface area contributed by atoms with Gasteiger partial charge < -0.3 is 5.73 Å². The second-order valence-corrected chi connectivity index (χ2v) is 7.80. The molecule has 4 rings (SSSR count). The number of halogens is 1. The van der Waals surface area contributed by atoms with Crippen LogP contribution in [0.25, 0.3) is 21.1 Å². The minimum atomic E-state index is 0.508. The predicted molar refractivity (Wildman–Crippen MR) is 103 cm³/mol. The number of benzene rings is 2. The maximum Gasteiger partial charge on any atom is 0.203 e. The zero-order valence-corrected chi connectivity index (χ0v) is 15.6. The van der Waals surface area contributed by atoms with E-state index in [-0.39, 0.29) is 0 Å². The van der Waals surface area contributed by atoms with Crippen molar-refractivity contribution in [2.24, 2.45) is 0 Å². The molecule has 5 nitrogen and oxygen atoms in total. The number of nitrogens with two attached hydrogens (primary N) is 1. The molecule has 2 aromatic carbocycles. The summed E-state index contributed by atoms with van der Waals surface area (Å²) in [5.74, 6) is 0. The number of anilines is 1. The third-order valence-electron chi connectivity index (χ3n) is 2.88. The van der Waals surface area contributed by atoms with Crippen LogP contribution in [0.4, 0.5) is 5.13 Å². The highest BCUT2D eigenvalue weighted by atomic mass is 79.9. The first-order valence-electron chi connectivity index (χ1n) is 6.91. The second-order valence-electron chi connectivity index (χ2n) is 4.54. The molecule has 0 unspecified atom stereocenters. The van der Waals surface area contributed by atoms with Crippen molar-refractivity contribution in [2.45, 2.75) is 0 Å². The fraction of sp³-hybridized carbons (Fsp3) is 0. The first-order valence-corrected chi connectivity index (χ1v) is 9.34. The summed E-state index contributed by atoms with van der Waals surface area (Å²) in [7, 11) is 0. The number of nitrogens with zero attached hydrogens (tertiary/aromatic N) is 4. The lowest BCUT2D eigenvalue weighted by atomic mass is 10.2. The van der Waals surface area contributed by atoms with Crippen LogP contribution in [0.2, 0.25) is 0 Å². The van der Waals surface area contributed by atoms with Crippen molar-refractivity contribution in [1.29, 1.82) is 0 Å². The summed E-state index contributed by atoms with van der Waals surface area (Å²) in [5, 5.41) is 17.9. The van der Waals surface area contributed by atoms with Crippen LogP contribution in [0.3, 0.4) is 0 Å². The highest BCUT2D eigenvalue weighted by molar-refractivity contribution is 9.11. The highest BCUT2D eigenvalue weighted by Gasteiger charge is 2.02. The lowest BCUT2D eigenvalue weighted by Crippen LogP contribution is -1.80. The number of aromatic nitrogens is 4. The third kappa shape index (κ3) is 4.44. The Bertz CT molecular complexity index is 817. The largest absolute Gasteiger partial charge is 0.374 e. The van der Waals surface area contributed by atoms with Gasteiger partial charge in [-0.1, -0.05) is 83.3 Å². The predicted octanol–water partition coefficient (Wildman–Crippen LogP) is 4.75. The van der Waals surface area contributed by atoms with Crippen LogP contribution in [0.5, 0.6) is 0 Å². The van der Waals surface area contributed by atoms with E-state index in [1.54, 1.807) is 0 Å². The molecule has 0 saturated carbocycles. The van der Waals surface area contributed by atoms with Gasteiger partial charge in [0.2, 0.25) is 5.13 Å². The summed E-state index contributed by atoms with van der Waals surface area (Å²) in [5.41, 5.74) is 7.63. The zero-order valence-electron chi connectivity index (χ0n) is 12.3. The summed E-state index contributed by atoms with van der Waals surface area (Å²) < 4.78 is 0.821. The Hall–Kier alpha value is -2.16. The molecule has 0 aliphatic carbocycles. The average Bonchev–Trinajstić information content (AvgIpc) is 3.26. The van der Waals surface area contributed by atoms with Gasteiger partial charge in [0.05, 0.1) is 0 Å². The fourth-order valence-electron chi connectivity index (χ4n) is 1.83. The van der Waals surface area contributed by atoms with Crippen molar-refractivity contribution in [1.82, 2.24) is 20.4 Å². The Balaban J connectivity index is 0.000000141. The Labute approximate surface area is 155 Å². The van der Waals surface area contributed by atoms with E-state index in [2.05, 4.69) is 36.3 Å². The molecule has 0 amide bonds. The molecule has 120 valence electrons. The van der Waals surface area contributed by atoms with Crippen molar-refractivity contribution < 1.29 is 0 Å². The van der Waals surface area contributed by atoms with E-state index in [1.807, 2.05) is 60.7 Å². The van der Waals surface area contributed by atoms with Gasteiger partial charge in [-0.3, -0.25) is 0 Å². The maximum atomic E-state index is 5.46. The van der Waals surface area contributed by atoms with Crippen LogP contribution in [0.1, 0.15) is 0 Å². The highest BCUT2D eigenvalue weighted by Crippen LogP contribution is 2.25. The monoisotopic (exact) mass is 417 g/mol. The van der Waals surface area contributed by atoms with Crippen LogP contribution in [0.15, 0.2) is 64.6 Å². The van der Waals surface area contributed by atoms with Crippen LogP contribution >= 0.6 is 38.6 Å². The van der Waals surface area contributed by atoms with Gasteiger partial charge in [0, 0.05) is 11.1 Å². The molecule has 0 spiro atoms. The van der Waals surface area contributed by atoms with Gasteiger partial charge in [-0.15, -0.1) is 20.4 Å². The first-order chi connectivity index (χ1) is 11.7. The molecule has 0 saturated heterocycles. The third-order valence-corrected chi connectivity index (χ3v) is 5.09. The first kappa shape index (κ1) is 16.7. The van der Waals surface area contributed by atoms with E-state index in [9.17, 15) is 0 Å². The average molecular weight is 418 g/mol. The normalized spacial score (nSPS) is 10.0. The molecular formula is C16H12BrN5S2. The Morgan fingerprint density at radius 1 is 0.667 bits per heavy atom. The molecule has 0 aliphatic heterocycles. The molecule has 0 atom stereocenters. The van der Waals surface area contributed by atoms with Crippen LogP contribution in [-0.2, 0) is 0 Å². The number of rotatable bonds is 2. The topological polar surface area (TPSA) is 77.6 Å². The number of nitrogen functional groups attached to an aromatic ring is 1. The minimum absolute atomic E-state index is 0.508. The Morgan fingerprint density at radius 3 is 1.58 bits per heavy atom. The summed E-state index contributed by atoms with van der Waals surface area (Å²) in [6, 6.07) is 19.9. The Morgan fingerprint density at radius 2 is 1.17 bits per heavy atom. The van der Waals surface area contributed by atoms with E-state index in [4.69, 9.17) is 5.73 Å². The van der Waals surface area contributed by atoms with Crippen molar-refractivity contribution in [3.8, 4) is 21.1 Å². The van der Waals surface area contributed by atoms with E-state index < -0.39 is 0 Å². The summed E-state index contributed by atoms with van der Waals surface area (Å²) in [6.07, 6.45) is 0. The molecule has 4 aromatic rings. The molecule has 0 aliphatic rings. The molecule has 2 N–H and O–H groups in total. The molecule has 2 heterocycles. The van der Waals surface area contributed by atoms with E-state index in [0.717, 1.165) is 25.1 Å². The summed E-state index contributed by atoms with van der Waals surface area (Å²) in [4.78, 5) is 0. The molecule has 24 heavy (non-hydrogen) atoms. The molecule has 0 fully saturated rings. The second kappa shape index (κ2) is 8.09. The number of hydrogen-bond acceptors (Lipinski definition) is 7. The standard InChI is InChI=1S/C8H5BrN2S.C8H7N3S/c2*9-8-11-10-7(12-8)6-4-2-1-3-5-6/h1-5H;1-5H,(H2,9,11). The Kier molecular flexibility index (Phi) is 5.63. The summed E-state index contributed by atoms with van der Waals surface area (Å²) in [6.45, 7) is 0. The zero-order chi connectivity index (χ0) is 16.8. The van der Waals surface area contributed by atoms with Gasteiger partial charge in [-0.05, 0) is 15.9 Å². The lowest BCUT2D eigenvalue weighted by molar-refractivity contribution is 1.08.